The highest BCUT2D eigenvalue weighted by Crippen LogP contribution is 2.16. The topological polar surface area (TPSA) is 52.6 Å². The summed E-state index contributed by atoms with van der Waals surface area (Å²) in [5, 5.41) is 0. The van der Waals surface area contributed by atoms with Crippen LogP contribution < -0.4 is 0 Å². The van der Waals surface area contributed by atoms with E-state index < -0.39 is 0 Å². The zero-order valence-electron chi connectivity index (χ0n) is 31.1. The lowest BCUT2D eigenvalue weighted by Crippen LogP contribution is -2.09. The lowest BCUT2D eigenvalue weighted by Gasteiger charge is -2.07. The molecule has 0 aliphatic heterocycles. The molecule has 0 fully saturated rings. The Hall–Kier alpha value is -1.06. The highest BCUT2D eigenvalue weighted by Gasteiger charge is 2.07. The van der Waals surface area contributed by atoms with Gasteiger partial charge in [0.15, 0.2) is 0 Å². The van der Waals surface area contributed by atoms with Gasteiger partial charge in [0.2, 0.25) is 0 Å². The minimum Gasteiger partial charge on any atom is -0.466 e. The van der Waals surface area contributed by atoms with Gasteiger partial charge in [-0.25, -0.2) is 0 Å². The molecule has 0 saturated heterocycles. The standard InChI is InChI=1S/C41H80O4/c1-38(2)32-27-23-19-15-11-7-5-9-13-17-21-25-29-36-44-40(42)34-31-35-41(43)45-37-30-26-22-18-14-10-6-8-12-16-20-24-28-33-39(3)4/h38-39H,5-37H2,1-4H3. The Morgan fingerprint density at radius 1 is 0.333 bits per heavy atom. The predicted molar refractivity (Wildman–Crippen MR) is 195 cm³/mol. The Morgan fingerprint density at radius 3 is 0.800 bits per heavy atom. The second-order valence-corrected chi connectivity index (χ2v) is 14.9. The van der Waals surface area contributed by atoms with E-state index in [0.717, 1.165) is 37.5 Å². The van der Waals surface area contributed by atoms with E-state index in [-0.39, 0.29) is 11.9 Å². The van der Waals surface area contributed by atoms with E-state index in [4.69, 9.17) is 9.47 Å². The van der Waals surface area contributed by atoms with Crippen LogP contribution in [0.15, 0.2) is 0 Å². The molecular weight excluding hydrogens is 556 g/mol. The maximum Gasteiger partial charge on any atom is 0.305 e. The molecule has 0 aliphatic rings. The Balaban J connectivity index is 3.27. The molecule has 0 radical (unpaired) electrons. The summed E-state index contributed by atoms with van der Waals surface area (Å²) in [6, 6.07) is 0. The van der Waals surface area contributed by atoms with E-state index in [1.54, 1.807) is 0 Å². The summed E-state index contributed by atoms with van der Waals surface area (Å²) in [4.78, 5) is 23.9. The summed E-state index contributed by atoms with van der Waals surface area (Å²) in [7, 11) is 0. The second kappa shape index (κ2) is 35.8. The van der Waals surface area contributed by atoms with Gasteiger partial charge >= 0.3 is 11.9 Å². The van der Waals surface area contributed by atoms with Crippen LogP contribution in [0.25, 0.3) is 0 Å². The van der Waals surface area contributed by atoms with E-state index in [0.29, 0.717) is 32.5 Å². The lowest BCUT2D eigenvalue weighted by molar-refractivity contribution is -0.145. The van der Waals surface area contributed by atoms with Crippen molar-refractivity contribution in [3.05, 3.63) is 0 Å². The quantitative estimate of drug-likeness (QED) is 0.0507. The minimum atomic E-state index is -0.181. The van der Waals surface area contributed by atoms with E-state index in [2.05, 4.69) is 27.7 Å². The number of unbranched alkanes of at least 4 members (excludes halogenated alkanes) is 24. The van der Waals surface area contributed by atoms with E-state index in [1.165, 1.54) is 154 Å². The molecule has 0 N–H and O–H groups in total. The number of hydrogen-bond acceptors (Lipinski definition) is 4. The van der Waals surface area contributed by atoms with Gasteiger partial charge in [0.1, 0.15) is 0 Å². The summed E-state index contributed by atoms with van der Waals surface area (Å²) in [5.41, 5.74) is 0. The third-order valence-corrected chi connectivity index (χ3v) is 9.14. The zero-order valence-corrected chi connectivity index (χ0v) is 31.1. The van der Waals surface area contributed by atoms with Gasteiger partial charge in [0, 0.05) is 12.8 Å². The van der Waals surface area contributed by atoms with Crippen LogP contribution in [-0.2, 0) is 19.1 Å². The molecular formula is C41H80O4. The van der Waals surface area contributed by atoms with Crippen molar-refractivity contribution in [2.24, 2.45) is 11.8 Å². The summed E-state index contributed by atoms with van der Waals surface area (Å²) < 4.78 is 10.7. The van der Waals surface area contributed by atoms with Gasteiger partial charge in [-0.15, -0.1) is 0 Å². The number of rotatable bonds is 36. The molecule has 45 heavy (non-hydrogen) atoms. The van der Waals surface area contributed by atoms with Crippen LogP contribution in [0.4, 0.5) is 0 Å². The van der Waals surface area contributed by atoms with Crippen LogP contribution in [0.2, 0.25) is 0 Å². The van der Waals surface area contributed by atoms with Gasteiger partial charge in [-0.2, -0.15) is 0 Å². The monoisotopic (exact) mass is 637 g/mol. The van der Waals surface area contributed by atoms with Crippen molar-refractivity contribution in [2.45, 2.75) is 227 Å². The van der Waals surface area contributed by atoms with E-state index in [1.807, 2.05) is 0 Å². The Bertz CT molecular complexity index is 563. The van der Waals surface area contributed by atoms with Crippen LogP contribution in [-0.4, -0.2) is 25.2 Å². The average molecular weight is 637 g/mol. The first kappa shape index (κ1) is 43.9. The largest absolute Gasteiger partial charge is 0.466 e. The number of hydrogen-bond donors (Lipinski definition) is 0. The first-order chi connectivity index (χ1) is 21.9. The molecule has 0 unspecified atom stereocenters. The maximum absolute atomic E-state index is 11.9. The fourth-order valence-electron chi connectivity index (χ4n) is 6.09. The summed E-state index contributed by atoms with van der Waals surface area (Å²) >= 11 is 0. The van der Waals surface area contributed by atoms with E-state index >= 15 is 0 Å². The third-order valence-electron chi connectivity index (χ3n) is 9.14. The van der Waals surface area contributed by atoms with Crippen molar-refractivity contribution >= 4 is 11.9 Å². The fourth-order valence-corrected chi connectivity index (χ4v) is 6.09. The van der Waals surface area contributed by atoms with Crippen LogP contribution in [0.1, 0.15) is 227 Å². The predicted octanol–water partition coefficient (Wildman–Crippen LogP) is 13.5. The molecule has 0 amide bonds. The number of esters is 2. The van der Waals surface area contributed by atoms with Crippen molar-refractivity contribution in [1.29, 1.82) is 0 Å². The van der Waals surface area contributed by atoms with Crippen molar-refractivity contribution < 1.29 is 19.1 Å². The summed E-state index contributed by atoms with van der Waals surface area (Å²) in [6.07, 6.45) is 38.3. The van der Waals surface area contributed by atoms with Crippen LogP contribution in [0.3, 0.4) is 0 Å². The smallest absolute Gasteiger partial charge is 0.305 e. The molecule has 0 aromatic rings. The summed E-state index contributed by atoms with van der Waals surface area (Å²) in [6.45, 7) is 10.3. The lowest BCUT2D eigenvalue weighted by atomic mass is 10.0. The second-order valence-electron chi connectivity index (χ2n) is 14.9. The molecule has 268 valence electrons. The molecule has 0 atom stereocenters. The normalized spacial score (nSPS) is 11.5. The molecule has 4 heteroatoms. The fraction of sp³-hybridized carbons (Fsp3) is 0.951. The number of carbonyl (C=O) groups is 2. The SMILES string of the molecule is CC(C)CCCCCCCCCCCCCCCOC(=O)CCCC(=O)OCCCCCCCCCCCCCCCC(C)C. The van der Waals surface area contributed by atoms with Crippen LogP contribution in [0.5, 0.6) is 0 Å². The zero-order chi connectivity index (χ0) is 33.1. The van der Waals surface area contributed by atoms with Crippen molar-refractivity contribution in [2.75, 3.05) is 13.2 Å². The van der Waals surface area contributed by atoms with Crippen molar-refractivity contribution in [1.82, 2.24) is 0 Å². The average Bonchev–Trinajstić information content (AvgIpc) is 3.00. The Morgan fingerprint density at radius 2 is 0.556 bits per heavy atom. The van der Waals surface area contributed by atoms with Crippen LogP contribution >= 0.6 is 0 Å². The molecule has 0 aromatic heterocycles. The van der Waals surface area contributed by atoms with Gasteiger partial charge < -0.3 is 9.47 Å². The third kappa shape index (κ3) is 39.0. The molecule has 0 rings (SSSR count). The van der Waals surface area contributed by atoms with Gasteiger partial charge in [-0.1, -0.05) is 195 Å². The first-order valence-electron chi connectivity index (χ1n) is 20.2. The minimum absolute atomic E-state index is 0.181. The van der Waals surface area contributed by atoms with Gasteiger partial charge in [0.25, 0.3) is 0 Å². The Labute approximate surface area is 282 Å². The van der Waals surface area contributed by atoms with Gasteiger partial charge in [-0.05, 0) is 31.1 Å². The maximum atomic E-state index is 11.9. The first-order valence-corrected chi connectivity index (χ1v) is 20.2. The molecule has 0 aliphatic carbocycles. The molecule has 0 bridgehead atoms. The highest BCUT2D eigenvalue weighted by molar-refractivity contribution is 5.72. The highest BCUT2D eigenvalue weighted by atomic mass is 16.5. The van der Waals surface area contributed by atoms with Crippen LogP contribution in [0, 0.1) is 11.8 Å². The van der Waals surface area contributed by atoms with E-state index in [9.17, 15) is 9.59 Å². The summed E-state index contributed by atoms with van der Waals surface area (Å²) in [5.74, 6) is 1.35. The van der Waals surface area contributed by atoms with Crippen molar-refractivity contribution in [3.63, 3.8) is 0 Å². The van der Waals surface area contributed by atoms with Gasteiger partial charge in [0.05, 0.1) is 13.2 Å². The molecule has 0 aromatic carbocycles. The molecule has 0 saturated carbocycles. The van der Waals surface area contributed by atoms with Gasteiger partial charge in [-0.3, -0.25) is 9.59 Å². The molecule has 0 spiro atoms. The Kier molecular flexibility index (Phi) is 34.9. The molecule has 4 nitrogen and oxygen atoms in total. The van der Waals surface area contributed by atoms with Crippen molar-refractivity contribution in [3.8, 4) is 0 Å². The molecule has 0 heterocycles. The number of ether oxygens (including phenoxy) is 2. The number of carbonyl (C=O) groups excluding carboxylic acids is 2.